The fourth-order valence-corrected chi connectivity index (χ4v) is 4.69. The van der Waals surface area contributed by atoms with Crippen molar-refractivity contribution in [3.8, 4) is 0 Å². The largest absolute Gasteiger partial charge is 0.478 e. The average molecular weight is 558 g/mol. The van der Waals surface area contributed by atoms with Gasteiger partial charge in [0, 0.05) is 26.7 Å². The summed E-state index contributed by atoms with van der Waals surface area (Å²) in [5, 5.41) is 19.1. The van der Waals surface area contributed by atoms with E-state index in [0.29, 0.717) is 16.9 Å². The van der Waals surface area contributed by atoms with Crippen LogP contribution in [0, 0.1) is 0 Å². The highest BCUT2D eigenvalue weighted by molar-refractivity contribution is 8.00. The highest BCUT2D eigenvalue weighted by atomic mass is 32.2. The van der Waals surface area contributed by atoms with E-state index in [-0.39, 0.29) is 22.9 Å². The van der Waals surface area contributed by atoms with Gasteiger partial charge in [0.2, 0.25) is 5.91 Å². The van der Waals surface area contributed by atoms with Crippen LogP contribution < -0.4 is 16.0 Å². The molecule has 196 valence electrons. The molecule has 4 rings (SSSR count). The van der Waals surface area contributed by atoms with Crippen molar-refractivity contribution < 1.29 is 24.3 Å². The van der Waals surface area contributed by atoms with Gasteiger partial charge >= 0.3 is 5.97 Å². The van der Waals surface area contributed by atoms with Gasteiger partial charge in [0.05, 0.1) is 11.3 Å². The molecular formula is C29H23N3O5S2. The molecular weight excluding hydrogens is 534 g/mol. The molecule has 10 heteroatoms. The predicted octanol–water partition coefficient (Wildman–Crippen LogP) is 5.59. The number of thiophene rings is 1. The third kappa shape index (κ3) is 8.16. The summed E-state index contributed by atoms with van der Waals surface area (Å²) in [6.45, 7) is 0. The van der Waals surface area contributed by atoms with Gasteiger partial charge in [-0.2, -0.15) is 0 Å². The number of nitrogens with one attached hydrogen (secondary N) is 3. The lowest BCUT2D eigenvalue weighted by Gasteiger charge is -2.11. The number of aromatic carboxylic acids is 1. The van der Waals surface area contributed by atoms with Crippen LogP contribution in [0.15, 0.2) is 107 Å². The Kier molecular flexibility index (Phi) is 9.28. The van der Waals surface area contributed by atoms with E-state index in [0.717, 1.165) is 9.77 Å². The first-order valence-electron chi connectivity index (χ1n) is 11.7. The third-order valence-corrected chi connectivity index (χ3v) is 7.09. The fraction of sp³-hybridized carbons (Fsp3) is 0.0345. The molecule has 8 nitrogen and oxygen atoms in total. The monoisotopic (exact) mass is 557 g/mol. The van der Waals surface area contributed by atoms with Crippen molar-refractivity contribution in [3.63, 3.8) is 0 Å². The number of benzene rings is 3. The first-order chi connectivity index (χ1) is 18.9. The van der Waals surface area contributed by atoms with Crippen LogP contribution in [-0.4, -0.2) is 34.6 Å². The molecule has 39 heavy (non-hydrogen) atoms. The van der Waals surface area contributed by atoms with E-state index in [1.807, 2.05) is 23.6 Å². The molecule has 3 amide bonds. The zero-order valence-corrected chi connectivity index (χ0v) is 22.1. The van der Waals surface area contributed by atoms with Gasteiger partial charge in [0.25, 0.3) is 11.8 Å². The standard InChI is InChI=1S/C29H23N3O5S2/c33-26(30-21-10-8-20(9-11-21)29(36)37)18-39-23-14-12-22(13-15-23)31-28(35)25(17-24-7-4-16-38-24)32-27(34)19-5-2-1-3-6-19/h1-17H,18H2,(H,30,33)(H,31,35)(H,32,34)(H,36,37)/b25-17-. The quantitative estimate of drug-likeness (QED) is 0.149. The molecule has 0 aliphatic rings. The van der Waals surface area contributed by atoms with Gasteiger partial charge in [0.15, 0.2) is 0 Å². The lowest BCUT2D eigenvalue weighted by Crippen LogP contribution is -2.30. The maximum atomic E-state index is 13.1. The van der Waals surface area contributed by atoms with Gasteiger partial charge in [-0.1, -0.05) is 24.3 Å². The minimum absolute atomic E-state index is 0.109. The molecule has 0 saturated heterocycles. The van der Waals surface area contributed by atoms with Crippen molar-refractivity contribution in [2.45, 2.75) is 4.90 Å². The molecule has 0 bridgehead atoms. The van der Waals surface area contributed by atoms with E-state index < -0.39 is 17.8 Å². The van der Waals surface area contributed by atoms with E-state index in [2.05, 4.69) is 16.0 Å². The number of rotatable bonds is 10. The summed E-state index contributed by atoms with van der Waals surface area (Å²) in [6, 6.07) is 25.2. The summed E-state index contributed by atoms with van der Waals surface area (Å²) in [6.07, 6.45) is 1.62. The molecule has 0 aliphatic heterocycles. The molecule has 0 radical (unpaired) electrons. The molecule has 0 saturated carbocycles. The van der Waals surface area contributed by atoms with Crippen molar-refractivity contribution >= 4 is 64.2 Å². The summed E-state index contributed by atoms with van der Waals surface area (Å²) in [5.74, 6) is -1.99. The number of thioether (sulfide) groups is 1. The van der Waals surface area contributed by atoms with Gasteiger partial charge in [-0.05, 0) is 78.2 Å². The molecule has 0 unspecified atom stereocenters. The van der Waals surface area contributed by atoms with Gasteiger partial charge in [-0.3, -0.25) is 14.4 Å². The molecule has 0 atom stereocenters. The van der Waals surface area contributed by atoms with Crippen molar-refractivity contribution in [1.82, 2.24) is 5.32 Å². The number of hydrogen-bond acceptors (Lipinski definition) is 6. The molecule has 3 aromatic carbocycles. The fourth-order valence-electron chi connectivity index (χ4n) is 3.33. The third-order valence-electron chi connectivity index (χ3n) is 5.26. The van der Waals surface area contributed by atoms with Crippen LogP contribution in [0.5, 0.6) is 0 Å². The summed E-state index contributed by atoms with van der Waals surface area (Å²) in [5.41, 5.74) is 1.72. The average Bonchev–Trinajstić information content (AvgIpc) is 3.46. The van der Waals surface area contributed by atoms with Crippen LogP contribution in [0.25, 0.3) is 6.08 Å². The summed E-state index contributed by atoms with van der Waals surface area (Å²) >= 11 is 2.76. The van der Waals surface area contributed by atoms with Gasteiger partial charge in [-0.15, -0.1) is 23.1 Å². The van der Waals surface area contributed by atoms with Gasteiger partial charge in [0.1, 0.15) is 5.70 Å². The second-order valence-corrected chi connectivity index (χ2v) is 10.1. The minimum atomic E-state index is -1.03. The first-order valence-corrected chi connectivity index (χ1v) is 13.5. The Morgan fingerprint density at radius 3 is 2.08 bits per heavy atom. The number of carboxylic acid groups (broad SMARTS) is 1. The van der Waals surface area contributed by atoms with E-state index in [9.17, 15) is 19.2 Å². The Labute approximate surface area is 232 Å². The zero-order valence-electron chi connectivity index (χ0n) is 20.4. The Balaban J connectivity index is 1.34. The lowest BCUT2D eigenvalue weighted by atomic mass is 10.2. The van der Waals surface area contributed by atoms with Gasteiger partial charge < -0.3 is 21.1 Å². The Bertz CT molecular complexity index is 1480. The first kappa shape index (κ1) is 27.4. The second-order valence-electron chi connectivity index (χ2n) is 8.09. The maximum Gasteiger partial charge on any atom is 0.335 e. The van der Waals surface area contributed by atoms with Crippen molar-refractivity contribution in [2.75, 3.05) is 16.4 Å². The van der Waals surface area contributed by atoms with Crippen LogP contribution in [-0.2, 0) is 9.59 Å². The number of carbonyl (C=O) groups excluding carboxylic acids is 3. The van der Waals surface area contributed by atoms with Crippen molar-refractivity contribution in [3.05, 3.63) is 118 Å². The topological polar surface area (TPSA) is 125 Å². The smallest absolute Gasteiger partial charge is 0.335 e. The van der Waals surface area contributed by atoms with Crippen LogP contribution in [0.4, 0.5) is 11.4 Å². The zero-order chi connectivity index (χ0) is 27.6. The van der Waals surface area contributed by atoms with E-state index >= 15 is 0 Å². The predicted molar refractivity (Wildman–Crippen MR) is 154 cm³/mol. The molecule has 4 N–H and O–H groups in total. The normalized spacial score (nSPS) is 10.9. The lowest BCUT2D eigenvalue weighted by molar-refractivity contribution is -0.114. The minimum Gasteiger partial charge on any atom is -0.478 e. The number of carbonyl (C=O) groups is 4. The Hall–Kier alpha value is -4.67. The van der Waals surface area contributed by atoms with E-state index in [1.165, 1.54) is 47.4 Å². The van der Waals surface area contributed by atoms with E-state index in [1.54, 1.807) is 54.6 Å². The van der Waals surface area contributed by atoms with Gasteiger partial charge in [-0.25, -0.2) is 4.79 Å². The van der Waals surface area contributed by atoms with Crippen LogP contribution in [0.2, 0.25) is 0 Å². The number of hydrogen-bond donors (Lipinski definition) is 4. The molecule has 0 aliphatic carbocycles. The van der Waals surface area contributed by atoms with E-state index in [4.69, 9.17) is 5.11 Å². The summed E-state index contributed by atoms with van der Waals surface area (Å²) in [7, 11) is 0. The summed E-state index contributed by atoms with van der Waals surface area (Å²) < 4.78 is 0. The number of carboxylic acids is 1. The number of amides is 3. The highest BCUT2D eigenvalue weighted by Crippen LogP contribution is 2.22. The van der Waals surface area contributed by atoms with Crippen LogP contribution >= 0.6 is 23.1 Å². The SMILES string of the molecule is O=C(CSc1ccc(NC(=O)/C(=C/c2cccs2)NC(=O)c2ccccc2)cc1)Nc1ccc(C(=O)O)cc1. The molecule has 0 fully saturated rings. The Morgan fingerprint density at radius 1 is 0.769 bits per heavy atom. The second kappa shape index (κ2) is 13.2. The van der Waals surface area contributed by atoms with Crippen LogP contribution in [0.1, 0.15) is 25.6 Å². The number of anilines is 2. The van der Waals surface area contributed by atoms with Crippen LogP contribution in [0.3, 0.4) is 0 Å². The van der Waals surface area contributed by atoms with Crippen molar-refractivity contribution in [2.24, 2.45) is 0 Å². The Morgan fingerprint density at radius 2 is 1.44 bits per heavy atom. The highest BCUT2D eigenvalue weighted by Gasteiger charge is 2.15. The van der Waals surface area contributed by atoms with Crippen molar-refractivity contribution in [1.29, 1.82) is 0 Å². The molecule has 1 aromatic heterocycles. The molecule has 0 spiro atoms. The molecule has 1 heterocycles. The summed E-state index contributed by atoms with van der Waals surface area (Å²) in [4.78, 5) is 50.6. The maximum absolute atomic E-state index is 13.1. The molecule has 4 aromatic rings.